The van der Waals surface area contributed by atoms with E-state index in [1.807, 2.05) is 6.07 Å². The van der Waals surface area contributed by atoms with Crippen molar-refractivity contribution < 1.29 is 5.11 Å². The Balaban J connectivity index is 2.43. The molecule has 1 atom stereocenters. The number of aliphatic hydroxyl groups is 1. The van der Waals surface area contributed by atoms with E-state index in [1.54, 1.807) is 0 Å². The average molecular weight is 221 g/mol. The third-order valence-corrected chi connectivity index (χ3v) is 2.42. The number of rotatable bonds is 4. The molecule has 2 nitrogen and oxygen atoms in total. The molecule has 0 aliphatic heterocycles. The molecule has 16 heavy (non-hydrogen) atoms. The Kier molecular flexibility index (Phi) is 4.51. The van der Waals surface area contributed by atoms with Gasteiger partial charge in [0.05, 0.1) is 6.10 Å². The van der Waals surface area contributed by atoms with Gasteiger partial charge in [-0.15, -0.1) is 0 Å². The van der Waals surface area contributed by atoms with Crippen LogP contribution in [-0.4, -0.2) is 23.3 Å². The van der Waals surface area contributed by atoms with Crippen LogP contribution in [0.2, 0.25) is 0 Å². The van der Waals surface area contributed by atoms with Crippen molar-refractivity contribution in [3.8, 4) is 0 Å². The van der Waals surface area contributed by atoms with E-state index < -0.39 is 0 Å². The van der Waals surface area contributed by atoms with E-state index in [-0.39, 0.29) is 11.6 Å². The summed E-state index contributed by atoms with van der Waals surface area (Å²) in [6.07, 6.45) is 0.395. The minimum Gasteiger partial charge on any atom is -0.391 e. The van der Waals surface area contributed by atoms with Gasteiger partial charge in [-0.1, -0.05) is 29.8 Å². The molecule has 1 rings (SSSR count). The lowest BCUT2D eigenvalue weighted by atomic mass is 10.0. The Labute approximate surface area is 98.7 Å². The van der Waals surface area contributed by atoms with Crippen LogP contribution in [0.5, 0.6) is 0 Å². The molecule has 0 spiro atoms. The van der Waals surface area contributed by atoms with E-state index in [4.69, 9.17) is 0 Å². The smallest absolute Gasteiger partial charge is 0.0705 e. The maximum absolute atomic E-state index is 9.89. The van der Waals surface area contributed by atoms with Crippen molar-refractivity contribution in [3.05, 3.63) is 35.4 Å². The van der Waals surface area contributed by atoms with Gasteiger partial charge in [-0.05, 0) is 39.7 Å². The number of hydrogen-bond donors (Lipinski definition) is 2. The highest BCUT2D eigenvalue weighted by Crippen LogP contribution is 2.07. The Morgan fingerprint density at radius 1 is 1.31 bits per heavy atom. The summed E-state index contributed by atoms with van der Waals surface area (Å²) in [6, 6.07) is 8.30. The highest BCUT2D eigenvalue weighted by Gasteiger charge is 2.12. The van der Waals surface area contributed by atoms with Crippen molar-refractivity contribution in [2.24, 2.45) is 0 Å². The van der Waals surface area contributed by atoms with Crippen molar-refractivity contribution in [1.82, 2.24) is 5.32 Å². The third-order valence-electron chi connectivity index (χ3n) is 2.42. The number of aliphatic hydroxyl groups excluding tert-OH is 1. The van der Waals surface area contributed by atoms with E-state index in [0.29, 0.717) is 13.0 Å². The number of β-amino-alcohol motifs (C(OH)–C–C–N with tert-alkyl or cyclic N) is 1. The van der Waals surface area contributed by atoms with Crippen LogP contribution in [0.25, 0.3) is 0 Å². The number of aryl methyl sites for hydroxylation is 1. The molecular weight excluding hydrogens is 198 g/mol. The highest BCUT2D eigenvalue weighted by atomic mass is 16.3. The molecule has 0 aromatic heterocycles. The Morgan fingerprint density at radius 2 is 2.00 bits per heavy atom. The van der Waals surface area contributed by atoms with Crippen LogP contribution in [0.3, 0.4) is 0 Å². The molecule has 0 aliphatic rings. The van der Waals surface area contributed by atoms with Crippen LogP contribution < -0.4 is 5.32 Å². The van der Waals surface area contributed by atoms with Gasteiger partial charge in [0.15, 0.2) is 0 Å². The molecule has 0 saturated heterocycles. The molecule has 1 unspecified atom stereocenters. The summed E-state index contributed by atoms with van der Waals surface area (Å²) >= 11 is 0. The van der Waals surface area contributed by atoms with Gasteiger partial charge in [0.1, 0.15) is 0 Å². The first kappa shape index (κ1) is 13.2. The predicted octanol–water partition coefficient (Wildman–Crippen LogP) is 2.29. The molecule has 90 valence electrons. The molecule has 0 amide bonds. The lowest BCUT2D eigenvalue weighted by Crippen LogP contribution is -2.41. The van der Waals surface area contributed by atoms with Crippen molar-refractivity contribution in [2.75, 3.05) is 6.54 Å². The summed E-state index contributed by atoms with van der Waals surface area (Å²) in [5.74, 6) is 0. The van der Waals surface area contributed by atoms with Crippen LogP contribution >= 0.6 is 0 Å². The van der Waals surface area contributed by atoms with Gasteiger partial charge in [0.25, 0.3) is 0 Å². The first-order valence-electron chi connectivity index (χ1n) is 5.85. The summed E-state index contributed by atoms with van der Waals surface area (Å²) in [4.78, 5) is 0. The van der Waals surface area contributed by atoms with Crippen LogP contribution in [0.1, 0.15) is 31.9 Å². The average Bonchev–Trinajstić information content (AvgIpc) is 2.14. The van der Waals surface area contributed by atoms with E-state index in [9.17, 15) is 5.11 Å². The summed E-state index contributed by atoms with van der Waals surface area (Å²) < 4.78 is 0. The molecule has 2 heteroatoms. The Bertz CT molecular complexity index is 328. The molecule has 2 N–H and O–H groups in total. The lowest BCUT2D eigenvalue weighted by Gasteiger charge is -2.23. The van der Waals surface area contributed by atoms with Gasteiger partial charge in [-0.3, -0.25) is 0 Å². The van der Waals surface area contributed by atoms with E-state index in [1.165, 1.54) is 11.1 Å². The van der Waals surface area contributed by atoms with Gasteiger partial charge < -0.3 is 10.4 Å². The Morgan fingerprint density at radius 3 is 2.56 bits per heavy atom. The number of hydrogen-bond acceptors (Lipinski definition) is 2. The van der Waals surface area contributed by atoms with Crippen molar-refractivity contribution >= 4 is 0 Å². The second-order valence-corrected chi connectivity index (χ2v) is 5.48. The van der Waals surface area contributed by atoms with Crippen molar-refractivity contribution in [3.63, 3.8) is 0 Å². The van der Waals surface area contributed by atoms with Crippen molar-refractivity contribution in [2.45, 2.75) is 45.8 Å². The monoisotopic (exact) mass is 221 g/mol. The van der Waals surface area contributed by atoms with Gasteiger partial charge in [-0.25, -0.2) is 0 Å². The SMILES string of the molecule is Cc1cccc(CC(O)CNC(C)(C)C)c1. The first-order chi connectivity index (χ1) is 7.37. The van der Waals surface area contributed by atoms with Crippen molar-refractivity contribution in [1.29, 1.82) is 0 Å². The maximum atomic E-state index is 9.89. The summed E-state index contributed by atoms with van der Waals surface area (Å²) in [5, 5.41) is 13.2. The predicted molar refractivity (Wildman–Crippen MR) is 68.6 cm³/mol. The highest BCUT2D eigenvalue weighted by molar-refractivity contribution is 5.22. The summed E-state index contributed by atoms with van der Waals surface area (Å²) in [7, 11) is 0. The number of nitrogens with one attached hydrogen (secondary N) is 1. The van der Waals surface area contributed by atoms with Gasteiger partial charge in [0, 0.05) is 12.1 Å². The normalized spacial score (nSPS) is 13.8. The van der Waals surface area contributed by atoms with Crippen LogP contribution in [0, 0.1) is 6.92 Å². The fourth-order valence-electron chi connectivity index (χ4n) is 1.61. The molecule has 0 saturated carbocycles. The molecular formula is C14H23NO. The second-order valence-electron chi connectivity index (χ2n) is 5.48. The Hall–Kier alpha value is -0.860. The van der Waals surface area contributed by atoms with Gasteiger partial charge >= 0.3 is 0 Å². The summed E-state index contributed by atoms with van der Waals surface area (Å²) in [6.45, 7) is 9.02. The first-order valence-corrected chi connectivity index (χ1v) is 5.85. The quantitative estimate of drug-likeness (QED) is 0.817. The lowest BCUT2D eigenvalue weighted by molar-refractivity contribution is 0.161. The fraction of sp³-hybridized carbons (Fsp3) is 0.571. The van der Waals surface area contributed by atoms with Gasteiger partial charge in [0.2, 0.25) is 0 Å². The zero-order valence-corrected chi connectivity index (χ0v) is 10.7. The third kappa shape index (κ3) is 5.29. The van der Waals surface area contributed by atoms with E-state index in [0.717, 1.165) is 0 Å². The minimum absolute atomic E-state index is 0.0631. The molecule has 0 heterocycles. The summed E-state index contributed by atoms with van der Waals surface area (Å²) in [5.41, 5.74) is 2.50. The largest absolute Gasteiger partial charge is 0.391 e. The standard InChI is InChI=1S/C14H23NO/c1-11-6-5-7-12(8-11)9-13(16)10-15-14(2,3)4/h5-8,13,15-16H,9-10H2,1-4H3. The molecule has 0 bridgehead atoms. The van der Waals surface area contributed by atoms with Crippen LogP contribution in [0.4, 0.5) is 0 Å². The minimum atomic E-state index is -0.318. The zero-order chi connectivity index (χ0) is 12.2. The molecule has 1 aromatic rings. The van der Waals surface area contributed by atoms with E-state index in [2.05, 4.69) is 51.2 Å². The topological polar surface area (TPSA) is 32.3 Å². The molecule has 0 radical (unpaired) electrons. The molecule has 1 aromatic carbocycles. The fourth-order valence-corrected chi connectivity index (χ4v) is 1.61. The maximum Gasteiger partial charge on any atom is 0.0705 e. The molecule has 0 aliphatic carbocycles. The second kappa shape index (κ2) is 5.46. The number of benzene rings is 1. The van der Waals surface area contributed by atoms with E-state index >= 15 is 0 Å². The van der Waals surface area contributed by atoms with Crippen LogP contribution in [0.15, 0.2) is 24.3 Å². The van der Waals surface area contributed by atoms with Gasteiger partial charge in [-0.2, -0.15) is 0 Å². The molecule has 0 fully saturated rings. The van der Waals surface area contributed by atoms with Crippen LogP contribution in [-0.2, 0) is 6.42 Å². The zero-order valence-electron chi connectivity index (χ0n) is 10.7.